The molecule has 19 heavy (non-hydrogen) atoms. The zero-order valence-corrected chi connectivity index (χ0v) is 11.7. The highest BCUT2D eigenvalue weighted by Gasteiger charge is 2.12. The molecule has 0 aliphatic carbocycles. The maximum Gasteiger partial charge on any atom is 0.238 e. The van der Waals surface area contributed by atoms with Crippen molar-refractivity contribution in [3.8, 4) is 0 Å². The first kappa shape index (κ1) is 15.3. The third-order valence-electron chi connectivity index (χ3n) is 2.69. The lowest BCUT2D eigenvalue weighted by atomic mass is 10.2. The Balaban J connectivity index is 2.88. The second kappa shape index (κ2) is 5.89. The van der Waals surface area contributed by atoms with Crippen LogP contribution in [0.5, 0.6) is 0 Å². The van der Waals surface area contributed by atoms with Gasteiger partial charge in [0.05, 0.1) is 16.3 Å². The molecule has 0 heterocycles. The fraction of sp³-hybridized carbons (Fsp3) is 0.364. The molecule has 8 heteroatoms. The lowest BCUT2D eigenvalue weighted by Crippen LogP contribution is -2.27. The number of anilines is 2. The molecule has 106 valence electrons. The summed E-state index contributed by atoms with van der Waals surface area (Å²) in [5, 5.41) is 7.54. The monoisotopic (exact) mass is 286 g/mol. The van der Waals surface area contributed by atoms with E-state index < -0.39 is 10.0 Å². The Morgan fingerprint density at radius 3 is 2.53 bits per heavy atom. The molecule has 0 fully saturated rings. The second-order valence-corrected chi connectivity index (χ2v) is 5.67. The van der Waals surface area contributed by atoms with Gasteiger partial charge in [0, 0.05) is 27.1 Å². The Morgan fingerprint density at radius 1 is 1.42 bits per heavy atom. The molecule has 0 aliphatic rings. The van der Waals surface area contributed by atoms with Gasteiger partial charge in [-0.15, -0.1) is 0 Å². The van der Waals surface area contributed by atoms with E-state index in [4.69, 9.17) is 10.9 Å². The molecule has 5 N–H and O–H groups in total. The molecule has 1 amide bonds. The van der Waals surface area contributed by atoms with E-state index in [1.807, 2.05) is 0 Å². The van der Waals surface area contributed by atoms with Crippen molar-refractivity contribution in [1.82, 2.24) is 5.32 Å². The first-order valence-corrected chi connectivity index (χ1v) is 7.14. The summed E-state index contributed by atoms with van der Waals surface area (Å²) in [5.74, 6) is -0.0772. The van der Waals surface area contributed by atoms with E-state index in [1.54, 1.807) is 25.1 Å². The molecule has 0 unspecified atom stereocenters. The third kappa shape index (κ3) is 4.11. The number of sulfonamides is 1. The van der Waals surface area contributed by atoms with E-state index in [9.17, 15) is 13.2 Å². The minimum Gasteiger partial charge on any atom is -0.397 e. The number of carbonyl (C=O) groups is 1. The number of primary sulfonamides is 1. The summed E-state index contributed by atoms with van der Waals surface area (Å²) < 4.78 is 22.4. The number of nitrogens with two attached hydrogens (primary N) is 2. The standard InChI is InChI=1S/C11H18N4O3S/c1-14-11(16)5-6-15(2)10-4-3-8(7-9(10)12)19(13,17)18/h3-4,7H,5-6,12H2,1-2H3,(H,14,16)(H2,13,17,18). The van der Waals surface area contributed by atoms with Crippen LogP contribution in [0.4, 0.5) is 11.4 Å². The van der Waals surface area contributed by atoms with Crippen LogP contribution in [0.1, 0.15) is 6.42 Å². The van der Waals surface area contributed by atoms with Crippen molar-refractivity contribution >= 4 is 27.3 Å². The van der Waals surface area contributed by atoms with Crippen LogP contribution in [0, 0.1) is 0 Å². The highest BCUT2D eigenvalue weighted by atomic mass is 32.2. The van der Waals surface area contributed by atoms with Gasteiger partial charge in [-0.05, 0) is 18.2 Å². The Morgan fingerprint density at radius 2 is 2.05 bits per heavy atom. The van der Waals surface area contributed by atoms with Crippen molar-refractivity contribution in [3.63, 3.8) is 0 Å². The van der Waals surface area contributed by atoms with Crippen LogP contribution in [0.25, 0.3) is 0 Å². The first-order chi connectivity index (χ1) is 8.75. The van der Waals surface area contributed by atoms with Crippen molar-refractivity contribution in [1.29, 1.82) is 0 Å². The highest BCUT2D eigenvalue weighted by molar-refractivity contribution is 7.89. The van der Waals surface area contributed by atoms with Gasteiger partial charge in [0.15, 0.2) is 0 Å². The smallest absolute Gasteiger partial charge is 0.238 e. The molecule has 0 atom stereocenters. The van der Waals surface area contributed by atoms with E-state index in [0.717, 1.165) is 0 Å². The van der Waals surface area contributed by atoms with Gasteiger partial charge in [0.1, 0.15) is 0 Å². The van der Waals surface area contributed by atoms with Gasteiger partial charge in [0.25, 0.3) is 0 Å². The van der Waals surface area contributed by atoms with Gasteiger partial charge in [-0.2, -0.15) is 0 Å². The number of nitrogens with zero attached hydrogens (tertiary/aromatic N) is 1. The average Bonchev–Trinajstić information content (AvgIpc) is 2.34. The Kier molecular flexibility index (Phi) is 4.73. The lowest BCUT2D eigenvalue weighted by Gasteiger charge is -2.21. The van der Waals surface area contributed by atoms with Crippen molar-refractivity contribution in [2.45, 2.75) is 11.3 Å². The van der Waals surface area contributed by atoms with Gasteiger partial charge in [-0.1, -0.05) is 0 Å². The number of hydrogen-bond acceptors (Lipinski definition) is 5. The molecular formula is C11H18N4O3S. The van der Waals surface area contributed by atoms with Gasteiger partial charge < -0.3 is 16.0 Å². The summed E-state index contributed by atoms with van der Waals surface area (Å²) >= 11 is 0. The second-order valence-electron chi connectivity index (χ2n) is 4.11. The molecule has 0 aliphatic heterocycles. The quantitative estimate of drug-likeness (QED) is 0.630. The van der Waals surface area contributed by atoms with Crippen molar-refractivity contribution in [2.24, 2.45) is 5.14 Å². The van der Waals surface area contributed by atoms with E-state index in [0.29, 0.717) is 24.3 Å². The van der Waals surface area contributed by atoms with E-state index in [1.165, 1.54) is 12.1 Å². The molecule has 7 nitrogen and oxygen atoms in total. The molecule has 0 saturated heterocycles. The zero-order chi connectivity index (χ0) is 14.6. The van der Waals surface area contributed by atoms with Gasteiger partial charge in [0.2, 0.25) is 15.9 Å². The molecule has 0 aromatic heterocycles. The summed E-state index contributed by atoms with van der Waals surface area (Å²) in [4.78, 5) is 12.9. The molecule has 0 bridgehead atoms. The minimum absolute atomic E-state index is 0.0338. The number of carbonyl (C=O) groups excluding carboxylic acids is 1. The number of benzene rings is 1. The molecule has 1 aromatic rings. The predicted molar refractivity (Wildman–Crippen MR) is 74.2 cm³/mol. The zero-order valence-electron chi connectivity index (χ0n) is 10.9. The van der Waals surface area contributed by atoms with E-state index in [2.05, 4.69) is 5.32 Å². The topological polar surface area (TPSA) is 119 Å². The van der Waals surface area contributed by atoms with Crippen LogP contribution >= 0.6 is 0 Å². The van der Waals surface area contributed by atoms with Gasteiger partial charge in [-0.25, -0.2) is 13.6 Å². The average molecular weight is 286 g/mol. The van der Waals surface area contributed by atoms with E-state index >= 15 is 0 Å². The van der Waals surface area contributed by atoms with Crippen LogP contribution in [-0.2, 0) is 14.8 Å². The molecular weight excluding hydrogens is 268 g/mol. The first-order valence-electron chi connectivity index (χ1n) is 5.59. The number of amides is 1. The summed E-state index contributed by atoms with van der Waals surface area (Å²) in [6.07, 6.45) is 0.323. The summed E-state index contributed by atoms with van der Waals surface area (Å²) in [7, 11) is -0.424. The summed E-state index contributed by atoms with van der Waals surface area (Å²) in [6.45, 7) is 0.471. The predicted octanol–water partition coefficient (Wildman–Crippen LogP) is -0.511. The summed E-state index contributed by atoms with van der Waals surface area (Å²) in [6, 6.07) is 4.26. The lowest BCUT2D eigenvalue weighted by molar-refractivity contribution is -0.120. The maximum absolute atomic E-state index is 11.2. The van der Waals surface area contributed by atoms with Crippen LogP contribution < -0.4 is 21.1 Å². The molecule has 0 radical (unpaired) electrons. The Bertz CT molecular complexity index is 571. The maximum atomic E-state index is 11.2. The number of nitrogens with one attached hydrogen (secondary N) is 1. The van der Waals surface area contributed by atoms with Crippen molar-refractivity contribution in [2.75, 3.05) is 31.3 Å². The molecule has 0 spiro atoms. The Hall–Kier alpha value is -1.80. The van der Waals surface area contributed by atoms with Crippen molar-refractivity contribution < 1.29 is 13.2 Å². The third-order valence-corrected chi connectivity index (χ3v) is 3.60. The fourth-order valence-electron chi connectivity index (χ4n) is 1.57. The van der Waals surface area contributed by atoms with Crippen LogP contribution in [0.2, 0.25) is 0 Å². The van der Waals surface area contributed by atoms with Crippen LogP contribution in [0.3, 0.4) is 0 Å². The normalized spacial score (nSPS) is 11.1. The number of rotatable bonds is 5. The molecule has 0 saturated carbocycles. The SMILES string of the molecule is CNC(=O)CCN(C)c1ccc(S(N)(=O)=O)cc1N. The molecule has 1 rings (SSSR count). The van der Waals surface area contributed by atoms with Gasteiger partial charge in [-0.3, -0.25) is 4.79 Å². The molecule has 1 aromatic carbocycles. The highest BCUT2D eigenvalue weighted by Crippen LogP contribution is 2.25. The number of hydrogen-bond donors (Lipinski definition) is 3. The minimum atomic E-state index is -3.76. The van der Waals surface area contributed by atoms with Gasteiger partial charge >= 0.3 is 0 Å². The van der Waals surface area contributed by atoms with Crippen LogP contribution in [-0.4, -0.2) is 35.0 Å². The van der Waals surface area contributed by atoms with Crippen molar-refractivity contribution in [3.05, 3.63) is 18.2 Å². The van der Waals surface area contributed by atoms with Crippen LogP contribution in [0.15, 0.2) is 23.1 Å². The Labute approximate surface area is 112 Å². The summed E-state index contributed by atoms with van der Waals surface area (Å²) in [5.41, 5.74) is 6.74. The largest absolute Gasteiger partial charge is 0.397 e. The number of nitrogen functional groups attached to an aromatic ring is 1. The van der Waals surface area contributed by atoms with E-state index in [-0.39, 0.29) is 10.8 Å². The fourth-order valence-corrected chi connectivity index (χ4v) is 2.12.